The fourth-order valence-corrected chi connectivity index (χ4v) is 2.64. The first-order valence-corrected chi connectivity index (χ1v) is 7.08. The summed E-state index contributed by atoms with van der Waals surface area (Å²) in [6.45, 7) is 9.27. The molecule has 2 heteroatoms. The van der Waals surface area contributed by atoms with Crippen LogP contribution in [-0.4, -0.2) is 18.1 Å². The van der Waals surface area contributed by atoms with Crippen LogP contribution in [0.1, 0.15) is 0 Å². The third-order valence-electron chi connectivity index (χ3n) is 3.58. The van der Waals surface area contributed by atoms with Gasteiger partial charge in [0.2, 0.25) is 0 Å². The summed E-state index contributed by atoms with van der Waals surface area (Å²) in [6.07, 6.45) is 3.83. The van der Waals surface area contributed by atoms with Crippen LogP contribution in [0.15, 0.2) is 73.8 Å². The van der Waals surface area contributed by atoms with Crippen molar-refractivity contribution in [3.63, 3.8) is 0 Å². The molecule has 0 amide bonds. The zero-order valence-electron chi connectivity index (χ0n) is 12.0. The third-order valence-corrected chi connectivity index (χ3v) is 3.58. The molecule has 0 aliphatic rings. The van der Waals surface area contributed by atoms with Crippen LogP contribution in [0.4, 0.5) is 5.69 Å². The highest BCUT2D eigenvalue weighted by atomic mass is 15.1. The largest absolute Gasteiger partial charge is 0.364 e. The van der Waals surface area contributed by atoms with E-state index in [-0.39, 0.29) is 0 Å². The lowest BCUT2D eigenvalue weighted by molar-refractivity contribution is 0.962. The molecule has 0 spiro atoms. The predicted octanol–water partition coefficient (Wildman–Crippen LogP) is 4.57. The van der Waals surface area contributed by atoms with Crippen molar-refractivity contribution >= 4 is 27.5 Å². The fraction of sp³-hybridized carbons (Fsp3) is 0.105. The van der Waals surface area contributed by atoms with Gasteiger partial charge in [-0.15, -0.1) is 13.2 Å². The average Bonchev–Trinajstić information content (AvgIpc) is 2.52. The van der Waals surface area contributed by atoms with Crippen molar-refractivity contribution in [2.45, 2.75) is 0 Å². The van der Waals surface area contributed by atoms with Gasteiger partial charge in [0.1, 0.15) is 0 Å². The minimum absolute atomic E-state index is 0.790. The van der Waals surface area contributed by atoms with E-state index in [1.165, 1.54) is 11.1 Å². The van der Waals surface area contributed by atoms with Crippen molar-refractivity contribution in [3.8, 4) is 0 Å². The molecule has 2 aromatic carbocycles. The Morgan fingerprint density at radius 3 is 2.38 bits per heavy atom. The van der Waals surface area contributed by atoms with Crippen molar-refractivity contribution in [3.05, 3.63) is 73.8 Å². The van der Waals surface area contributed by atoms with Crippen molar-refractivity contribution < 1.29 is 0 Å². The Hall–Kier alpha value is -2.61. The molecule has 1 aromatic heterocycles. The second-order valence-corrected chi connectivity index (χ2v) is 5.01. The van der Waals surface area contributed by atoms with Crippen molar-refractivity contribution in [2.24, 2.45) is 0 Å². The van der Waals surface area contributed by atoms with Gasteiger partial charge in [-0.2, -0.15) is 0 Å². The van der Waals surface area contributed by atoms with E-state index >= 15 is 0 Å². The highest BCUT2D eigenvalue weighted by Gasteiger charge is 2.09. The lowest BCUT2D eigenvalue weighted by Crippen LogP contribution is -2.23. The Kier molecular flexibility index (Phi) is 3.69. The smallest absolute Gasteiger partial charge is 0.0730 e. The molecule has 0 N–H and O–H groups in total. The molecule has 0 radical (unpaired) electrons. The molecule has 0 saturated heterocycles. The molecule has 0 atom stereocenters. The normalized spacial score (nSPS) is 10.7. The SMILES string of the molecule is C=CCN(CC=C)c1cccc2nc3ccccc3cc12. The van der Waals surface area contributed by atoms with Crippen LogP contribution in [0, 0.1) is 0 Å². The third kappa shape index (κ3) is 2.52. The Bertz CT molecular complexity index is 795. The van der Waals surface area contributed by atoms with Crippen LogP contribution >= 0.6 is 0 Å². The molecule has 0 unspecified atom stereocenters. The Morgan fingerprint density at radius 1 is 0.905 bits per heavy atom. The van der Waals surface area contributed by atoms with Crippen molar-refractivity contribution in [1.29, 1.82) is 0 Å². The van der Waals surface area contributed by atoms with E-state index < -0.39 is 0 Å². The van der Waals surface area contributed by atoms with Gasteiger partial charge in [0.15, 0.2) is 0 Å². The van der Waals surface area contributed by atoms with Gasteiger partial charge in [0.05, 0.1) is 11.0 Å². The summed E-state index contributed by atoms with van der Waals surface area (Å²) in [7, 11) is 0. The van der Waals surface area contributed by atoms with E-state index in [1.54, 1.807) is 0 Å². The maximum atomic E-state index is 4.76. The second-order valence-electron chi connectivity index (χ2n) is 5.01. The molecular formula is C19H18N2. The number of para-hydroxylation sites is 1. The van der Waals surface area contributed by atoms with Crippen molar-refractivity contribution in [2.75, 3.05) is 18.0 Å². The monoisotopic (exact) mass is 274 g/mol. The van der Waals surface area contributed by atoms with Gasteiger partial charge in [-0.25, -0.2) is 4.98 Å². The number of pyridine rings is 1. The molecule has 1 heterocycles. The first-order chi connectivity index (χ1) is 10.3. The molecule has 3 rings (SSSR count). The lowest BCUT2D eigenvalue weighted by atomic mass is 10.1. The first-order valence-electron chi connectivity index (χ1n) is 7.08. The van der Waals surface area contributed by atoms with Crippen LogP contribution in [0.25, 0.3) is 21.8 Å². The minimum Gasteiger partial charge on any atom is -0.364 e. The van der Waals surface area contributed by atoms with Crippen LogP contribution in [0.3, 0.4) is 0 Å². The highest BCUT2D eigenvalue weighted by Crippen LogP contribution is 2.28. The zero-order valence-corrected chi connectivity index (χ0v) is 12.0. The Balaban J connectivity index is 2.24. The van der Waals surface area contributed by atoms with E-state index in [9.17, 15) is 0 Å². The van der Waals surface area contributed by atoms with E-state index in [0.717, 1.165) is 29.5 Å². The standard InChI is InChI=1S/C19H18N2/c1-3-12-21(13-4-2)19-11-7-10-18-16(19)14-15-8-5-6-9-17(15)20-18/h3-11,14H,1-2,12-13H2. The summed E-state index contributed by atoms with van der Waals surface area (Å²) in [4.78, 5) is 7.01. The van der Waals surface area contributed by atoms with Crippen LogP contribution in [0.2, 0.25) is 0 Å². The molecule has 21 heavy (non-hydrogen) atoms. The van der Waals surface area contributed by atoms with E-state index in [2.05, 4.69) is 48.4 Å². The Morgan fingerprint density at radius 2 is 1.62 bits per heavy atom. The van der Waals surface area contributed by atoms with Gasteiger partial charge in [0, 0.05) is 29.5 Å². The van der Waals surface area contributed by atoms with E-state index in [0.29, 0.717) is 0 Å². The topological polar surface area (TPSA) is 16.1 Å². The number of fused-ring (bicyclic) bond motifs is 2. The lowest BCUT2D eigenvalue weighted by Gasteiger charge is -2.23. The summed E-state index contributed by atoms with van der Waals surface area (Å²) in [5.74, 6) is 0. The maximum absolute atomic E-state index is 4.76. The van der Waals surface area contributed by atoms with Crippen molar-refractivity contribution in [1.82, 2.24) is 4.98 Å². The Labute approximate surface area is 125 Å². The molecular weight excluding hydrogens is 256 g/mol. The summed E-state index contributed by atoms with van der Waals surface area (Å²) in [5.41, 5.74) is 3.22. The number of hydrogen-bond donors (Lipinski definition) is 0. The van der Waals surface area contributed by atoms with Gasteiger partial charge in [-0.1, -0.05) is 36.4 Å². The number of anilines is 1. The number of nitrogens with zero attached hydrogens (tertiary/aromatic N) is 2. The fourth-order valence-electron chi connectivity index (χ4n) is 2.64. The number of benzene rings is 2. The van der Waals surface area contributed by atoms with Gasteiger partial charge in [0.25, 0.3) is 0 Å². The minimum atomic E-state index is 0.790. The number of hydrogen-bond acceptors (Lipinski definition) is 2. The molecule has 0 bridgehead atoms. The molecule has 2 nitrogen and oxygen atoms in total. The number of aromatic nitrogens is 1. The molecule has 104 valence electrons. The van der Waals surface area contributed by atoms with Crippen LogP contribution < -0.4 is 4.90 Å². The molecule has 0 fully saturated rings. The number of rotatable bonds is 5. The predicted molar refractivity (Wildman–Crippen MR) is 91.9 cm³/mol. The molecule has 0 aliphatic carbocycles. The van der Waals surface area contributed by atoms with Gasteiger partial charge < -0.3 is 4.90 Å². The van der Waals surface area contributed by atoms with Gasteiger partial charge in [-0.3, -0.25) is 0 Å². The average molecular weight is 274 g/mol. The molecule has 0 saturated carbocycles. The zero-order chi connectivity index (χ0) is 14.7. The summed E-state index contributed by atoms with van der Waals surface area (Å²) < 4.78 is 0. The summed E-state index contributed by atoms with van der Waals surface area (Å²) in [5, 5.41) is 2.33. The molecule has 0 aliphatic heterocycles. The van der Waals surface area contributed by atoms with Gasteiger partial charge >= 0.3 is 0 Å². The second kappa shape index (κ2) is 5.80. The van der Waals surface area contributed by atoms with E-state index in [1.807, 2.05) is 30.4 Å². The molecule has 3 aromatic rings. The maximum Gasteiger partial charge on any atom is 0.0730 e. The summed E-state index contributed by atoms with van der Waals surface area (Å²) in [6, 6.07) is 16.7. The van der Waals surface area contributed by atoms with Crippen LogP contribution in [0.5, 0.6) is 0 Å². The van der Waals surface area contributed by atoms with E-state index in [4.69, 9.17) is 4.98 Å². The summed E-state index contributed by atoms with van der Waals surface area (Å²) >= 11 is 0. The highest BCUT2D eigenvalue weighted by molar-refractivity contribution is 5.99. The van der Waals surface area contributed by atoms with Crippen LogP contribution in [-0.2, 0) is 0 Å². The van der Waals surface area contributed by atoms with Gasteiger partial charge in [-0.05, 0) is 24.3 Å². The first kappa shape index (κ1) is 13.4. The quantitative estimate of drug-likeness (QED) is 0.500.